The Morgan fingerprint density at radius 3 is 2.31 bits per heavy atom. The summed E-state index contributed by atoms with van der Waals surface area (Å²) >= 11 is 0. The van der Waals surface area contributed by atoms with Gasteiger partial charge < -0.3 is 5.11 Å². The minimum absolute atomic E-state index is 0.225. The third kappa shape index (κ3) is 2.63. The second-order valence-electron chi connectivity index (χ2n) is 4.69. The summed E-state index contributed by atoms with van der Waals surface area (Å²) in [7, 11) is 0. The fourth-order valence-corrected chi connectivity index (χ4v) is 2.45. The number of piperidine rings is 1. The van der Waals surface area contributed by atoms with E-state index in [0.29, 0.717) is 0 Å². The summed E-state index contributed by atoms with van der Waals surface area (Å²) in [4.78, 5) is 2.40. The van der Waals surface area contributed by atoms with E-state index in [1.807, 2.05) is 30.3 Å². The van der Waals surface area contributed by atoms with Crippen molar-refractivity contribution >= 4 is 0 Å². The number of aliphatic hydroxyl groups excluding tert-OH is 1. The summed E-state index contributed by atoms with van der Waals surface area (Å²) in [5.74, 6) is 0. The van der Waals surface area contributed by atoms with Gasteiger partial charge in [-0.3, -0.25) is 4.90 Å². The highest BCUT2D eigenvalue weighted by Gasteiger charge is 2.23. The van der Waals surface area contributed by atoms with Crippen molar-refractivity contribution in [2.24, 2.45) is 0 Å². The Kier molecular flexibility index (Phi) is 3.97. The van der Waals surface area contributed by atoms with Gasteiger partial charge in [0.05, 0.1) is 6.10 Å². The maximum atomic E-state index is 10.3. The molecule has 1 saturated heterocycles. The van der Waals surface area contributed by atoms with Crippen molar-refractivity contribution in [3.8, 4) is 0 Å². The predicted molar refractivity (Wildman–Crippen MR) is 66.3 cm³/mol. The molecule has 0 radical (unpaired) electrons. The molecular weight excluding hydrogens is 198 g/mol. The lowest BCUT2D eigenvalue weighted by molar-refractivity contribution is 0.0471. The third-order valence-corrected chi connectivity index (χ3v) is 3.56. The van der Waals surface area contributed by atoms with Gasteiger partial charge in [0.15, 0.2) is 0 Å². The van der Waals surface area contributed by atoms with E-state index in [2.05, 4.69) is 11.8 Å². The number of benzene rings is 1. The van der Waals surface area contributed by atoms with Gasteiger partial charge in [0.25, 0.3) is 0 Å². The maximum Gasteiger partial charge on any atom is 0.0942 e. The van der Waals surface area contributed by atoms with Gasteiger partial charge in [-0.2, -0.15) is 0 Å². The summed E-state index contributed by atoms with van der Waals surface area (Å²) in [5, 5.41) is 10.3. The smallest absolute Gasteiger partial charge is 0.0942 e. The van der Waals surface area contributed by atoms with E-state index in [4.69, 9.17) is 0 Å². The van der Waals surface area contributed by atoms with Crippen LogP contribution in [-0.2, 0) is 0 Å². The summed E-state index contributed by atoms with van der Waals surface area (Å²) in [6, 6.07) is 10.2. The molecule has 1 heterocycles. The number of likely N-dealkylation sites (tertiary alicyclic amines) is 1. The first-order valence-corrected chi connectivity index (χ1v) is 6.26. The van der Waals surface area contributed by atoms with Crippen molar-refractivity contribution in [2.75, 3.05) is 13.1 Å². The molecule has 1 aliphatic heterocycles. The lowest BCUT2D eigenvalue weighted by Crippen LogP contribution is -2.40. The molecule has 2 atom stereocenters. The van der Waals surface area contributed by atoms with Crippen LogP contribution in [0.15, 0.2) is 30.3 Å². The molecule has 2 nitrogen and oxygen atoms in total. The molecule has 1 aromatic rings. The molecule has 0 amide bonds. The summed E-state index contributed by atoms with van der Waals surface area (Å²) in [6.45, 7) is 4.39. The van der Waals surface area contributed by atoms with E-state index >= 15 is 0 Å². The Balaban J connectivity index is 2.00. The van der Waals surface area contributed by atoms with Crippen molar-refractivity contribution in [3.05, 3.63) is 35.9 Å². The fraction of sp³-hybridized carbons (Fsp3) is 0.571. The normalized spacial score (nSPS) is 21.6. The summed E-state index contributed by atoms with van der Waals surface area (Å²) < 4.78 is 0. The largest absolute Gasteiger partial charge is 0.387 e. The maximum absolute atomic E-state index is 10.3. The van der Waals surface area contributed by atoms with Crippen LogP contribution in [-0.4, -0.2) is 29.1 Å². The second-order valence-corrected chi connectivity index (χ2v) is 4.69. The van der Waals surface area contributed by atoms with E-state index in [1.165, 1.54) is 19.3 Å². The predicted octanol–water partition coefficient (Wildman–Crippen LogP) is 2.59. The summed E-state index contributed by atoms with van der Waals surface area (Å²) in [6.07, 6.45) is 3.52. The highest BCUT2D eigenvalue weighted by atomic mass is 16.3. The van der Waals surface area contributed by atoms with E-state index in [-0.39, 0.29) is 12.1 Å². The third-order valence-electron chi connectivity index (χ3n) is 3.56. The number of hydrogen-bond acceptors (Lipinski definition) is 2. The molecule has 0 aliphatic carbocycles. The zero-order valence-electron chi connectivity index (χ0n) is 9.97. The standard InChI is InChI=1S/C14H21NO/c1-12(15-10-6-3-7-11-15)14(16)13-8-4-2-5-9-13/h2,4-5,8-9,12,14,16H,3,6-7,10-11H2,1H3. The first-order chi connectivity index (χ1) is 7.79. The number of hydrogen-bond donors (Lipinski definition) is 1. The average Bonchev–Trinajstić information content (AvgIpc) is 2.39. The Morgan fingerprint density at radius 2 is 1.69 bits per heavy atom. The summed E-state index contributed by atoms with van der Waals surface area (Å²) in [5.41, 5.74) is 1.03. The first-order valence-electron chi connectivity index (χ1n) is 6.26. The molecule has 0 saturated carbocycles. The van der Waals surface area contributed by atoms with Gasteiger partial charge in [-0.1, -0.05) is 36.8 Å². The van der Waals surface area contributed by atoms with Crippen LogP contribution in [0, 0.1) is 0 Å². The fourth-order valence-electron chi connectivity index (χ4n) is 2.45. The van der Waals surface area contributed by atoms with Crippen molar-refractivity contribution < 1.29 is 5.11 Å². The van der Waals surface area contributed by atoms with Gasteiger partial charge in [0, 0.05) is 6.04 Å². The van der Waals surface area contributed by atoms with Crippen LogP contribution in [0.1, 0.15) is 37.9 Å². The number of rotatable bonds is 3. The Hall–Kier alpha value is -0.860. The van der Waals surface area contributed by atoms with E-state index in [9.17, 15) is 5.11 Å². The van der Waals surface area contributed by atoms with Gasteiger partial charge in [0.1, 0.15) is 0 Å². The van der Waals surface area contributed by atoms with Gasteiger partial charge in [-0.15, -0.1) is 0 Å². The van der Waals surface area contributed by atoms with Crippen LogP contribution in [0.2, 0.25) is 0 Å². The van der Waals surface area contributed by atoms with Crippen molar-refractivity contribution in [2.45, 2.75) is 38.3 Å². The highest BCUT2D eigenvalue weighted by Crippen LogP contribution is 2.23. The molecule has 0 aromatic heterocycles. The van der Waals surface area contributed by atoms with Crippen LogP contribution in [0.25, 0.3) is 0 Å². The molecule has 2 rings (SSSR count). The van der Waals surface area contributed by atoms with E-state index in [1.54, 1.807) is 0 Å². The van der Waals surface area contributed by atoms with Gasteiger partial charge in [0.2, 0.25) is 0 Å². The van der Waals surface area contributed by atoms with Gasteiger partial charge in [-0.25, -0.2) is 0 Å². The zero-order valence-corrected chi connectivity index (χ0v) is 9.97. The van der Waals surface area contributed by atoms with Crippen molar-refractivity contribution in [1.29, 1.82) is 0 Å². The number of nitrogens with zero attached hydrogens (tertiary/aromatic N) is 1. The molecule has 0 spiro atoms. The zero-order chi connectivity index (χ0) is 11.4. The molecular formula is C14H21NO. The molecule has 1 fully saturated rings. The quantitative estimate of drug-likeness (QED) is 0.844. The lowest BCUT2D eigenvalue weighted by atomic mass is 10.00. The molecule has 88 valence electrons. The van der Waals surface area contributed by atoms with E-state index < -0.39 is 0 Å². The van der Waals surface area contributed by atoms with Crippen molar-refractivity contribution in [1.82, 2.24) is 4.90 Å². The molecule has 1 N–H and O–H groups in total. The molecule has 1 aromatic carbocycles. The Morgan fingerprint density at radius 1 is 1.06 bits per heavy atom. The lowest BCUT2D eigenvalue weighted by Gasteiger charge is -2.35. The van der Waals surface area contributed by atoms with Gasteiger partial charge in [-0.05, 0) is 38.4 Å². The number of aliphatic hydroxyl groups is 1. The van der Waals surface area contributed by atoms with Crippen LogP contribution < -0.4 is 0 Å². The first kappa shape index (κ1) is 11.6. The molecule has 2 heteroatoms. The molecule has 1 aliphatic rings. The minimum atomic E-state index is -0.362. The van der Waals surface area contributed by atoms with Crippen LogP contribution in [0.4, 0.5) is 0 Å². The van der Waals surface area contributed by atoms with Crippen LogP contribution in [0.5, 0.6) is 0 Å². The second kappa shape index (κ2) is 5.46. The minimum Gasteiger partial charge on any atom is -0.387 e. The topological polar surface area (TPSA) is 23.5 Å². The van der Waals surface area contributed by atoms with Crippen LogP contribution in [0.3, 0.4) is 0 Å². The SMILES string of the molecule is CC(C(O)c1ccccc1)N1CCCCC1. The average molecular weight is 219 g/mol. The Labute approximate surface area is 97.9 Å². The van der Waals surface area contributed by atoms with Crippen molar-refractivity contribution in [3.63, 3.8) is 0 Å². The molecule has 0 bridgehead atoms. The highest BCUT2D eigenvalue weighted by molar-refractivity contribution is 5.18. The van der Waals surface area contributed by atoms with Crippen LogP contribution >= 0.6 is 0 Å². The van der Waals surface area contributed by atoms with E-state index in [0.717, 1.165) is 18.7 Å². The Bertz CT molecular complexity index is 306. The molecule has 16 heavy (non-hydrogen) atoms. The monoisotopic (exact) mass is 219 g/mol. The van der Waals surface area contributed by atoms with Gasteiger partial charge >= 0.3 is 0 Å². The molecule has 2 unspecified atom stereocenters.